The second-order valence-corrected chi connectivity index (χ2v) is 11.9. The van der Waals surface area contributed by atoms with Crippen LogP contribution in [0.3, 0.4) is 0 Å². The third-order valence-corrected chi connectivity index (χ3v) is 10.0. The number of esters is 1. The fraction of sp³-hybridized carbons (Fsp3) is 0.526. The van der Waals surface area contributed by atoms with E-state index < -0.39 is 16.0 Å². The van der Waals surface area contributed by atoms with Crippen molar-refractivity contribution < 1.29 is 22.7 Å². The zero-order valence-corrected chi connectivity index (χ0v) is 20.0. The Morgan fingerprint density at radius 2 is 1.90 bits per heavy atom. The molecule has 1 saturated heterocycles. The van der Waals surface area contributed by atoms with Gasteiger partial charge in [0.2, 0.25) is 0 Å². The van der Waals surface area contributed by atoms with Crippen molar-refractivity contribution in [3.05, 3.63) is 33.5 Å². The maximum absolute atomic E-state index is 13.4. The number of fused-ring (bicyclic) bond motifs is 1. The van der Waals surface area contributed by atoms with Gasteiger partial charge in [0.05, 0.1) is 24.9 Å². The molecule has 2 aromatic heterocycles. The van der Waals surface area contributed by atoms with Gasteiger partial charge in [0.15, 0.2) is 0 Å². The van der Waals surface area contributed by atoms with Crippen molar-refractivity contribution in [3.63, 3.8) is 0 Å². The number of hydrogen-bond donors (Lipinski definition) is 0. The minimum absolute atomic E-state index is 0.0296. The zero-order valence-electron chi connectivity index (χ0n) is 17.6. The molecule has 1 amide bonds. The van der Waals surface area contributed by atoms with E-state index in [0.29, 0.717) is 42.2 Å². The quantitative estimate of drug-likeness (QED) is 0.606. The molecule has 2 aliphatic rings. The Hall–Kier alpha value is -1.89. The third-order valence-electron chi connectivity index (χ3n) is 5.47. The monoisotopic (exact) mass is 484 g/mol. The molecule has 4 rings (SSSR count). The van der Waals surface area contributed by atoms with E-state index in [0.717, 1.165) is 28.5 Å². The number of aryl methyl sites for hydroxylation is 2. The summed E-state index contributed by atoms with van der Waals surface area (Å²) in [6, 6.07) is 1.73. The van der Waals surface area contributed by atoms with Crippen molar-refractivity contribution in [1.82, 2.24) is 19.0 Å². The Kier molecular flexibility index (Phi) is 6.16. The first kappa shape index (κ1) is 22.3. The number of nitrogens with zero attached hydrogens (tertiary/aromatic N) is 4. The number of amides is 1. The van der Waals surface area contributed by atoms with Crippen LogP contribution in [0.15, 0.2) is 10.3 Å². The lowest BCUT2D eigenvalue weighted by Gasteiger charge is -2.27. The Morgan fingerprint density at radius 3 is 2.52 bits per heavy atom. The molecule has 0 aliphatic carbocycles. The third kappa shape index (κ3) is 4.01. The first-order chi connectivity index (χ1) is 14.7. The molecule has 0 unspecified atom stereocenters. The highest BCUT2D eigenvalue weighted by Gasteiger charge is 2.38. The smallest absolute Gasteiger partial charge is 0.340 e. The van der Waals surface area contributed by atoms with Gasteiger partial charge in [0, 0.05) is 43.1 Å². The molecule has 2 aromatic rings. The van der Waals surface area contributed by atoms with E-state index in [1.165, 1.54) is 11.4 Å². The van der Waals surface area contributed by atoms with Crippen LogP contribution < -0.4 is 0 Å². The second-order valence-electron chi connectivity index (χ2n) is 7.45. The lowest BCUT2D eigenvalue weighted by Crippen LogP contribution is -2.38. The second kappa shape index (κ2) is 8.57. The Labute approximate surface area is 189 Å². The molecule has 0 aromatic carbocycles. The number of carbonyl (C=O) groups excluding carboxylic acids is 2. The van der Waals surface area contributed by atoms with Gasteiger partial charge in [0.1, 0.15) is 9.90 Å². The zero-order chi connectivity index (χ0) is 22.3. The number of methoxy groups -OCH3 is 1. The lowest BCUT2D eigenvalue weighted by molar-refractivity contribution is 0.0595. The molecule has 31 heavy (non-hydrogen) atoms. The van der Waals surface area contributed by atoms with E-state index in [1.54, 1.807) is 34.5 Å². The van der Waals surface area contributed by atoms with Crippen LogP contribution in [0.2, 0.25) is 0 Å². The summed E-state index contributed by atoms with van der Waals surface area (Å²) in [6.45, 7) is 3.29. The van der Waals surface area contributed by atoms with Gasteiger partial charge in [-0.15, -0.1) is 11.3 Å². The predicted molar refractivity (Wildman–Crippen MR) is 118 cm³/mol. The van der Waals surface area contributed by atoms with E-state index in [1.807, 2.05) is 6.92 Å². The molecule has 4 heterocycles. The van der Waals surface area contributed by atoms with Gasteiger partial charge in [-0.25, -0.2) is 13.2 Å². The van der Waals surface area contributed by atoms with Crippen molar-refractivity contribution in [2.24, 2.45) is 7.05 Å². The number of thioether (sulfide) groups is 1. The van der Waals surface area contributed by atoms with Crippen LogP contribution in [0.5, 0.6) is 0 Å². The normalized spacial score (nSPS) is 17.5. The van der Waals surface area contributed by atoms with E-state index in [-0.39, 0.29) is 22.2 Å². The summed E-state index contributed by atoms with van der Waals surface area (Å²) < 4.78 is 34.7. The molecule has 0 radical (unpaired) electrons. The highest BCUT2D eigenvalue weighted by atomic mass is 32.2. The largest absolute Gasteiger partial charge is 0.465 e. The van der Waals surface area contributed by atoms with Crippen LogP contribution in [0.25, 0.3) is 0 Å². The molecule has 12 heteroatoms. The molecule has 0 atom stereocenters. The van der Waals surface area contributed by atoms with E-state index in [9.17, 15) is 18.0 Å². The highest BCUT2D eigenvalue weighted by Crippen LogP contribution is 2.38. The maximum atomic E-state index is 13.4. The van der Waals surface area contributed by atoms with Crippen molar-refractivity contribution in [2.45, 2.75) is 24.1 Å². The Morgan fingerprint density at radius 1 is 1.19 bits per heavy atom. The average molecular weight is 485 g/mol. The van der Waals surface area contributed by atoms with Crippen LogP contribution in [0.1, 0.15) is 37.0 Å². The molecule has 0 bridgehead atoms. The van der Waals surface area contributed by atoms with Gasteiger partial charge >= 0.3 is 5.97 Å². The number of carbonyl (C=O) groups is 2. The summed E-state index contributed by atoms with van der Waals surface area (Å²) in [5.74, 6) is 0.637. The van der Waals surface area contributed by atoms with Gasteiger partial charge in [-0.3, -0.25) is 9.48 Å². The lowest BCUT2D eigenvalue weighted by atomic mass is 10.0. The van der Waals surface area contributed by atoms with E-state index >= 15 is 0 Å². The topological polar surface area (TPSA) is 102 Å². The molecule has 0 N–H and O–H groups in total. The van der Waals surface area contributed by atoms with Gasteiger partial charge in [-0.1, -0.05) is 0 Å². The number of thiophene rings is 1. The van der Waals surface area contributed by atoms with Crippen LogP contribution in [-0.2, 0) is 34.8 Å². The van der Waals surface area contributed by atoms with Crippen molar-refractivity contribution in [1.29, 1.82) is 0 Å². The summed E-state index contributed by atoms with van der Waals surface area (Å²) in [7, 11) is -0.841. The fourth-order valence-corrected chi connectivity index (χ4v) is 8.53. The van der Waals surface area contributed by atoms with Crippen molar-refractivity contribution in [2.75, 3.05) is 38.2 Å². The Balaban J connectivity index is 1.70. The maximum Gasteiger partial charge on any atom is 0.340 e. The minimum atomic E-state index is -3.82. The predicted octanol–water partition coefficient (Wildman–Crippen LogP) is 1.51. The van der Waals surface area contributed by atoms with Gasteiger partial charge in [-0.05, 0) is 25.0 Å². The number of ether oxygens (including phenoxy) is 1. The molecule has 168 valence electrons. The molecule has 0 spiro atoms. The molecular weight excluding hydrogens is 460 g/mol. The number of rotatable bonds is 4. The summed E-state index contributed by atoms with van der Waals surface area (Å²) >= 11 is 2.79. The van der Waals surface area contributed by atoms with Gasteiger partial charge in [-0.2, -0.15) is 21.2 Å². The van der Waals surface area contributed by atoms with E-state index in [2.05, 4.69) is 5.10 Å². The molecule has 2 aliphatic heterocycles. The molecular formula is C19H24N4O5S3. The summed E-state index contributed by atoms with van der Waals surface area (Å²) in [4.78, 5) is 28.0. The van der Waals surface area contributed by atoms with Gasteiger partial charge < -0.3 is 9.64 Å². The number of sulfonamides is 1. The van der Waals surface area contributed by atoms with Crippen LogP contribution in [-0.4, -0.2) is 77.5 Å². The van der Waals surface area contributed by atoms with Crippen LogP contribution in [0.4, 0.5) is 0 Å². The summed E-state index contributed by atoms with van der Waals surface area (Å²) in [5.41, 5.74) is 2.03. The first-order valence-corrected chi connectivity index (χ1v) is 13.3. The van der Waals surface area contributed by atoms with Crippen molar-refractivity contribution in [3.8, 4) is 0 Å². The summed E-state index contributed by atoms with van der Waals surface area (Å²) in [5, 5.41) is 4.23. The molecule has 1 fully saturated rings. The molecule has 0 saturated carbocycles. The summed E-state index contributed by atoms with van der Waals surface area (Å²) in [6.07, 6.45) is 0.393. The van der Waals surface area contributed by atoms with Gasteiger partial charge in [0.25, 0.3) is 15.9 Å². The highest BCUT2D eigenvalue weighted by molar-refractivity contribution is 7.99. The SMILES string of the molecule is COC(=O)c1c(S(=O)(=O)N2CCSCC2)sc2c1CCN(C(=O)c1cc(C)nn1C)C2. The van der Waals surface area contributed by atoms with Crippen LogP contribution >= 0.6 is 23.1 Å². The number of aromatic nitrogens is 2. The average Bonchev–Trinajstić information content (AvgIpc) is 3.32. The Bertz CT molecular complexity index is 1130. The van der Waals surface area contributed by atoms with E-state index in [4.69, 9.17) is 4.74 Å². The molecule has 9 nitrogen and oxygen atoms in total. The minimum Gasteiger partial charge on any atom is -0.465 e. The number of hydrogen-bond acceptors (Lipinski definition) is 8. The van der Waals surface area contributed by atoms with Crippen LogP contribution in [0, 0.1) is 6.92 Å². The first-order valence-electron chi connectivity index (χ1n) is 9.84. The standard InChI is InChI=1S/C19H24N4O5S3/c1-12-10-14(21(2)20-12)17(24)22-5-4-13-15(11-22)30-19(16(13)18(25)28-3)31(26,27)23-6-8-29-9-7-23/h10H,4-9,11H2,1-3H3. The fourth-order valence-electron chi connectivity index (χ4n) is 3.92. The van der Waals surface area contributed by atoms with Crippen molar-refractivity contribution >= 4 is 45.0 Å².